The third-order valence-electron chi connectivity index (χ3n) is 3.24. The van der Waals surface area contributed by atoms with Gasteiger partial charge < -0.3 is 15.4 Å². The fraction of sp³-hybridized carbons (Fsp3) is 0.412. The first-order chi connectivity index (χ1) is 10.7. The molecule has 118 valence electrons. The van der Waals surface area contributed by atoms with Crippen LogP contribution in [-0.4, -0.2) is 30.2 Å². The molecule has 2 rings (SSSR count). The van der Waals surface area contributed by atoms with Crippen molar-refractivity contribution in [2.75, 3.05) is 30.8 Å². The molecule has 0 spiro atoms. The molecule has 1 aromatic carbocycles. The molecule has 0 aliphatic heterocycles. The number of nitrogens with one attached hydrogen (secondary N) is 2. The number of hydrogen-bond acceptors (Lipinski definition) is 5. The summed E-state index contributed by atoms with van der Waals surface area (Å²) in [6.07, 6.45) is 1.97. The van der Waals surface area contributed by atoms with Crippen LogP contribution in [0.15, 0.2) is 30.3 Å². The van der Waals surface area contributed by atoms with Gasteiger partial charge in [0.25, 0.3) is 0 Å². The van der Waals surface area contributed by atoms with E-state index in [9.17, 15) is 0 Å². The molecule has 22 heavy (non-hydrogen) atoms. The molecule has 5 heteroatoms. The predicted octanol–water partition coefficient (Wildman–Crippen LogP) is 3.27. The molecule has 0 aliphatic rings. The molecule has 0 amide bonds. The molecule has 5 nitrogen and oxygen atoms in total. The first kappa shape index (κ1) is 16.1. The van der Waals surface area contributed by atoms with E-state index >= 15 is 0 Å². The second-order valence-corrected chi connectivity index (χ2v) is 5.17. The molecule has 0 unspecified atom stereocenters. The van der Waals surface area contributed by atoms with Gasteiger partial charge in [0.15, 0.2) is 0 Å². The topological polar surface area (TPSA) is 59.1 Å². The van der Waals surface area contributed by atoms with Crippen molar-refractivity contribution in [3.8, 4) is 5.75 Å². The quantitative estimate of drug-likeness (QED) is 0.783. The van der Waals surface area contributed by atoms with Crippen molar-refractivity contribution in [3.05, 3.63) is 41.6 Å². The van der Waals surface area contributed by atoms with Gasteiger partial charge >= 0.3 is 0 Å². The summed E-state index contributed by atoms with van der Waals surface area (Å²) in [5.74, 6) is 2.43. The van der Waals surface area contributed by atoms with Crippen LogP contribution in [0.3, 0.4) is 0 Å². The van der Waals surface area contributed by atoms with Crippen LogP contribution < -0.4 is 15.4 Å². The number of rotatable bonds is 8. The average Bonchev–Trinajstić information content (AvgIpc) is 2.53. The predicted molar refractivity (Wildman–Crippen MR) is 90.7 cm³/mol. The van der Waals surface area contributed by atoms with E-state index in [1.165, 1.54) is 5.56 Å². The minimum absolute atomic E-state index is 0.668. The Morgan fingerprint density at radius 1 is 1.09 bits per heavy atom. The van der Waals surface area contributed by atoms with Crippen molar-refractivity contribution in [2.24, 2.45) is 0 Å². The largest absolute Gasteiger partial charge is 0.497 e. The molecule has 1 heterocycles. The average molecular weight is 300 g/mol. The summed E-state index contributed by atoms with van der Waals surface area (Å²) in [6, 6.07) is 10.1. The molecule has 0 fully saturated rings. The van der Waals surface area contributed by atoms with Gasteiger partial charge in [-0.05, 0) is 37.5 Å². The second-order valence-electron chi connectivity index (χ2n) is 5.17. The molecule has 1 aromatic heterocycles. The number of aryl methyl sites for hydroxylation is 1. The van der Waals surface area contributed by atoms with Crippen molar-refractivity contribution in [1.82, 2.24) is 9.97 Å². The Hall–Kier alpha value is -2.30. The number of methoxy groups -OCH3 is 1. The maximum Gasteiger partial charge on any atom is 0.224 e. The highest BCUT2D eigenvalue weighted by Gasteiger charge is 2.02. The van der Waals surface area contributed by atoms with E-state index < -0.39 is 0 Å². The first-order valence-electron chi connectivity index (χ1n) is 7.67. The molecule has 0 atom stereocenters. The second kappa shape index (κ2) is 8.22. The third kappa shape index (κ3) is 4.91. The fourth-order valence-corrected chi connectivity index (χ4v) is 2.14. The Morgan fingerprint density at radius 3 is 2.73 bits per heavy atom. The summed E-state index contributed by atoms with van der Waals surface area (Å²) in [7, 11) is 1.68. The Labute approximate surface area is 132 Å². The molecule has 0 aliphatic carbocycles. The lowest BCUT2D eigenvalue weighted by molar-refractivity contribution is 0.414. The standard InChI is InChI=1S/C17H24N4O/c1-4-9-18-16-11-13(2)20-17(21-16)19-10-8-14-6-5-7-15(12-14)22-3/h5-7,11-12H,4,8-10H2,1-3H3,(H2,18,19,20,21). The maximum absolute atomic E-state index is 5.24. The van der Waals surface area contributed by atoms with Crippen LogP contribution in [0.4, 0.5) is 11.8 Å². The Kier molecular flexibility index (Phi) is 6.01. The SMILES string of the molecule is CCCNc1cc(C)nc(NCCc2cccc(OC)c2)n1. The van der Waals surface area contributed by atoms with E-state index in [1.807, 2.05) is 31.2 Å². The highest BCUT2D eigenvalue weighted by molar-refractivity contribution is 5.42. The normalized spacial score (nSPS) is 10.3. The summed E-state index contributed by atoms with van der Waals surface area (Å²) in [4.78, 5) is 8.90. The summed E-state index contributed by atoms with van der Waals surface area (Å²) < 4.78 is 5.24. The monoisotopic (exact) mass is 300 g/mol. The first-order valence-corrected chi connectivity index (χ1v) is 7.67. The fourth-order valence-electron chi connectivity index (χ4n) is 2.14. The Balaban J connectivity index is 1.91. The van der Waals surface area contributed by atoms with Crippen molar-refractivity contribution in [2.45, 2.75) is 26.7 Å². The van der Waals surface area contributed by atoms with Crippen molar-refractivity contribution < 1.29 is 4.74 Å². The van der Waals surface area contributed by atoms with Crippen LogP contribution in [0, 0.1) is 6.92 Å². The van der Waals surface area contributed by atoms with E-state index in [1.54, 1.807) is 7.11 Å². The van der Waals surface area contributed by atoms with E-state index in [0.29, 0.717) is 5.95 Å². The minimum Gasteiger partial charge on any atom is -0.497 e. The molecular formula is C17H24N4O. The number of aromatic nitrogens is 2. The van der Waals surface area contributed by atoms with Crippen molar-refractivity contribution >= 4 is 11.8 Å². The lowest BCUT2D eigenvalue weighted by Crippen LogP contribution is -2.11. The van der Waals surface area contributed by atoms with Gasteiger partial charge in [0.2, 0.25) is 5.95 Å². The molecule has 2 aromatic rings. The Morgan fingerprint density at radius 2 is 1.95 bits per heavy atom. The van der Waals surface area contributed by atoms with E-state index in [-0.39, 0.29) is 0 Å². The number of benzene rings is 1. The van der Waals surface area contributed by atoms with Gasteiger partial charge in [-0.15, -0.1) is 0 Å². The van der Waals surface area contributed by atoms with E-state index in [0.717, 1.165) is 43.2 Å². The Bertz CT molecular complexity index is 601. The zero-order valence-corrected chi connectivity index (χ0v) is 13.5. The molecule has 0 bridgehead atoms. The van der Waals surface area contributed by atoms with Crippen LogP contribution in [0.25, 0.3) is 0 Å². The summed E-state index contributed by atoms with van der Waals surface area (Å²) in [6.45, 7) is 5.81. The van der Waals surface area contributed by atoms with Crippen molar-refractivity contribution in [3.63, 3.8) is 0 Å². The van der Waals surface area contributed by atoms with E-state index in [4.69, 9.17) is 4.74 Å². The lowest BCUT2D eigenvalue weighted by Gasteiger charge is -2.10. The zero-order chi connectivity index (χ0) is 15.8. The van der Waals surface area contributed by atoms with Crippen LogP contribution >= 0.6 is 0 Å². The zero-order valence-electron chi connectivity index (χ0n) is 13.5. The van der Waals surface area contributed by atoms with Crippen LogP contribution in [0.2, 0.25) is 0 Å². The molecule has 2 N–H and O–H groups in total. The third-order valence-corrected chi connectivity index (χ3v) is 3.24. The van der Waals surface area contributed by atoms with Gasteiger partial charge in [-0.3, -0.25) is 0 Å². The van der Waals surface area contributed by atoms with E-state index in [2.05, 4.69) is 33.6 Å². The van der Waals surface area contributed by atoms with Gasteiger partial charge in [-0.2, -0.15) is 4.98 Å². The van der Waals surface area contributed by atoms with Crippen LogP contribution in [-0.2, 0) is 6.42 Å². The maximum atomic E-state index is 5.24. The summed E-state index contributed by atoms with van der Waals surface area (Å²) >= 11 is 0. The van der Waals surface area contributed by atoms with Gasteiger partial charge in [0.1, 0.15) is 11.6 Å². The van der Waals surface area contributed by atoms with Crippen molar-refractivity contribution in [1.29, 1.82) is 0 Å². The van der Waals surface area contributed by atoms with Gasteiger partial charge in [-0.25, -0.2) is 4.98 Å². The molecule has 0 radical (unpaired) electrons. The number of nitrogens with zero attached hydrogens (tertiary/aromatic N) is 2. The molecular weight excluding hydrogens is 276 g/mol. The summed E-state index contributed by atoms with van der Waals surface area (Å²) in [5.41, 5.74) is 2.18. The van der Waals surface area contributed by atoms with Crippen LogP contribution in [0.5, 0.6) is 5.75 Å². The highest BCUT2D eigenvalue weighted by atomic mass is 16.5. The number of hydrogen-bond donors (Lipinski definition) is 2. The minimum atomic E-state index is 0.668. The van der Waals surface area contributed by atoms with Gasteiger partial charge in [0.05, 0.1) is 7.11 Å². The van der Waals surface area contributed by atoms with Crippen LogP contribution in [0.1, 0.15) is 24.6 Å². The number of ether oxygens (including phenoxy) is 1. The van der Waals surface area contributed by atoms with Gasteiger partial charge in [0, 0.05) is 24.8 Å². The molecule has 0 saturated carbocycles. The molecule has 0 saturated heterocycles. The number of anilines is 2. The van der Waals surface area contributed by atoms with Gasteiger partial charge in [-0.1, -0.05) is 19.1 Å². The highest BCUT2D eigenvalue weighted by Crippen LogP contribution is 2.13. The summed E-state index contributed by atoms with van der Waals surface area (Å²) in [5, 5.41) is 6.58. The smallest absolute Gasteiger partial charge is 0.224 e. The lowest BCUT2D eigenvalue weighted by atomic mass is 10.1.